The summed E-state index contributed by atoms with van der Waals surface area (Å²) in [6.07, 6.45) is 10.4. The second kappa shape index (κ2) is 7.91. The average molecular weight is 363 g/mol. The predicted octanol–water partition coefficient (Wildman–Crippen LogP) is 4.13. The Morgan fingerprint density at radius 3 is 2.52 bits per heavy atom. The molecule has 2 atom stereocenters. The standard InChI is InChI=1S/C22H25N3O2/c26-21(18-6-3-13-23-15-18)24-19-11-9-17(10-12-19)22(27)25-14-4-7-16-5-1-2-8-20(16)25/h3,6,9-13,15-16,20H,1-2,4-5,7-8,14H2,(H,24,26)/t16-,20-/m0/s1. The highest BCUT2D eigenvalue weighted by Crippen LogP contribution is 2.36. The molecule has 1 aromatic carbocycles. The summed E-state index contributed by atoms with van der Waals surface area (Å²) < 4.78 is 0. The molecule has 1 aliphatic carbocycles. The van der Waals surface area contributed by atoms with Crippen molar-refractivity contribution < 1.29 is 9.59 Å². The van der Waals surface area contributed by atoms with Crippen molar-refractivity contribution in [1.82, 2.24) is 9.88 Å². The van der Waals surface area contributed by atoms with Gasteiger partial charge in [0.25, 0.3) is 11.8 Å². The highest BCUT2D eigenvalue weighted by Gasteiger charge is 2.35. The number of aromatic nitrogens is 1. The number of fused-ring (bicyclic) bond motifs is 1. The van der Waals surface area contributed by atoms with Crippen molar-refractivity contribution >= 4 is 17.5 Å². The van der Waals surface area contributed by atoms with Crippen molar-refractivity contribution in [2.75, 3.05) is 11.9 Å². The van der Waals surface area contributed by atoms with E-state index in [1.807, 2.05) is 12.1 Å². The van der Waals surface area contributed by atoms with Crippen LogP contribution in [-0.4, -0.2) is 34.3 Å². The summed E-state index contributed by atoms with van der Waals surface area (Å²) in [4.78, 5) is 31.3. The Balaban J connectivity index is 1.44. The number of nitrogens with one attached hydrogen (secondary N) is 1. The third-order valence-electron chi connectivity index (χ3n) is 5.82. The molecular weight excluding hydrogens is 338 g/mol. The molecule has 1 aliphatic heterocycles. The van der Waals surface area contributed by atoms with Crippen LogP contribution in [-0.2, 0) is 0 Å². The van der Waals surface area contributed by atoms with E-state index in [1.165, 1.54) is 31.9 Å². The van der Waals surface area contributed by atoms with E-state index in [0.717, 1.165) is 19.4 Å². The summed E-state index contributed by atoms with van der Waals surface area (Å²) in [6, 6.07) is 11.1. The lowest BCUT2D eigenvalue weighted by molar-refractivity contribution is 0.0390. The second-order valence-electron chi connectivity index (χ2n) is 7.53. The lowest BCUT2D eigenvalue weighted by Crippen LogP contribution is -2.49. The molecule has 5 nitrogen and oxygen atoms in total. The summed E-state index contributed by atoms with van der Waals surface area (Å²) in [7, 11) is 0. The molecule has 2 heterocycles. The molecular formula is C22H25N3O2. The van der Waals surface area contributed by atoms with Crippen molar-refractivity contribution in [3.63, 3.8) is 0 Å². The maximum Gasteiger partial charge on any atom is 0.257 e. The maximum atomic E-state index is 13.0. The van der Waals surface area contributed by atoms with Gasteiger partial charge in [0, 0.05) is 36.2 Å². The molecule has 0 unspecified atom stereocenters. The molecule has 2 aromatic rings. The normalized spacial score (nSPS) is 22.0. The Morgan fingerprint density at radius 2 is 1.74 bits per heavy atom. The summed E-state index contributed by atoms with van der Waals surface area (Å²) in [5, 5.41) is 2.85. The predicted molar refractivity (Wildman–Crippen MR) is 105 cm³/mol. The quantitative estimate of drug-likeness (QED) is 0.892. The smallest absolute Gasteiger partial charge is 0.257 e. The van der Waals surface area contributed by atoms with E-state index in [4.69, 9.17) is 0 Å². The first-order valence-corrected chi connectivity index (χ1v) is 9.85. The van der Waals surface area contributed by atoms with Gasteiger partial charge in [0.05, 0.1) is 5.56 Å². The molecule has 1 saturated heterocycles. The van der Waals surface area contributed by atoms with E-state index in [2.05, 4.69) is 15.2 Å². The van der Waals surface area contributed by atoms with Gasteiger partial charge in [-0.25, -0.2) is 0 Å². The highest BCUT2D eigenvalue weighted by molar-refractivity contribution is 6.04. The van der Waals surface area contributed by atoms with Gasteiger partial charge in [0.2, 0.25) is 0 Å². The van der Waals surface area contributed by atoms with E-state index >= 15 is 0 Å². The molecule has 1 aromatic heterocycles. The van der Waals surface area contributed by atoms with Gasteiger partial charge in [-0.3, -0.25) is 14.6 Å². The zero-order valence-electron chi connectivity index (χ0n) is 15.4. The van der Waals surface area contributed by atoms with Crippen molar-refractivity contribution in [3.8, 4) is 0 Å². The molecule has 4 rings (SSSR count). The second-order valence-corrected chi connectivity index (χ2v) is 7.53. The summed E-state index contributed by atoms with van der Waals surface area (Å²) in [5.74, 6) is 0.592. The molecule has 140 valence electrons. The molecule has 1 saturated carbocycles. The van der Waals surface area contributed by atoms with Crippen molar-refractivity contribution in [2.45, 2.75) is 44.6 Å². The molecule has 0 spiro atoms. The Labute approximate surface area is 159 Å². The van der Waals surface area contributed by atoms with Crippen molar-refractivity contribution in [2.24, 2.45) is 5.92 Å². The number of rotatable bonds is 3. The molecule has 2 fully saturated rings. The lowest BCUT2D eigenvalue weighted by Gasteiger charge is -2.44. The van der Waals surface area contributed by atoms with Gasteiger partial charge in [-0.2, -0.15) is 0 Å². The first-order chi connectivity index (χ1) is 13.2. The van der Waals surface area contributed by atoms with Crippen molar-refractivity contribution in [1.29, 1.82) is 0 Å². The molecule has 1 N–H and O–H groups in total. The van der Waals surface area contributed by atoms with Gasteiger partial charge in [0.15, 0.2) is 0 Å². The minimum absolute atomic E-state index is 0.122. The van der Waals surface area contributed by atoms with Crippen LogP contribution in [0.15, 0.2) is 48.8 Å². The molecule has 2 aliphatic rings. The van der Waals surface area contributed by atoms with E-state index < -0.39 is 0 Å². The fraction of sp³-hybridized carbons (Fsp3) is 0.409. The molecule has 5 heteroatoms. The van der Waals surface area contributed by atoms with Gasteiger partial charge in [-0.1, -0.05) is 12.8 Å². The van der Waals surface area contributed by atoms with E-state index in [-0.39, 0.29) is 11.8 Å². The summed E-state index contributed by atoms with van der Waals surface area (Å²) in [6.45, 7) is 0.861. The fourth-order valence-electron chi connectivity index (χ4n) is 4.44. The lowest BCUT2D eigenvalue weighted by atomic mass is 9.78. The minimum atomic E-state index is -0.205. The number of carbonyl (C=O) groups excluding carboxylic acids is 2. The van der Waals surface area contributed by atoms with E-state index in [1.54, 1.807) is 30.5 Å². The third kappa shape index (κ3) is 3.87. The largest absolute Gasteiger partial charge is 0.335 e. The number of hydrogen-bond donors (Lipinski definition) is 1. The zero-order chi connectivity index (χ0) is 18.6. The number of benzene rings is 1. The minimum Gasteiger partial charge on any atom is -0.335 e. The van der Waals surface area contributed by atoms with Crippen LogP contribution in [0.4, 0.5) is 5.69 Å². The van der Waals surface area contributed by atoms with Crippen LogP contribution in [0.1, 0.15) is 59.2 Å². The Bertz CT molecular complexity index is 802. The van der Waals surface area contributed by atoms with Crippen molar-refractivity contribution in [3.05, 3.63) is 59.9 Å². The van der Waals surface area contributed by atoms with Gasteiger partial charge < -0.3 is 10.2 Å². The maximum absolute atomic E-state index is 13.0. The Morgan fingerprint density at radius 1 is 0.963 bits per heavy atom. The third-order valence-corrected chi connectivity index (χ3v) is 5.82. The number of piperidine rings is 1. The summed E-state index contributed by atoms with van der Waals surface area (Å²) >= 11 is 0. The number of anilines is 1. The Hall–Kier alpha value is -2.69. The van der Waals surface area contributed by atoms with Crippen LogP contribution in [0.3, 0.4) is 0 Å². The first-order valence-electron chi connectivity index (χ1n) is 9.85. The van der Waals surface area contributed by atoms with Crippen LogP contribution in [0.5, 0.6) is 0 Å². The average Bonchev–Trinajstić information content (AvgIpc) is 2.74. The van der Waals surface area contributed by atoms with Crippen LogP contribution >= 0.6 is 0 Å². The monoisotopic (exact) mass is 363 g/mol. The SMILES string of the molecule is O=C(Nc1ccc(C(=O)N2CCC[C@@H]3CCCC[C@@H]32)cc1)c1cccnc1. The van der Waals surface area contributed by atoms with Crippen LogP contribution in [0.25, 0.3) is 0 Å². The fourth-order valence-corrected chi connectivity index (χ4v) is 4.44. The number of carbonyl (C=O) groups is 2. The van der Waals surface area contributed by atoms with Crippen LogP contribution in [0, 0.1) is 5.92 Å². The van der Waals surface area contributed by atoms with Gasteiger partial charge in [0.1, 0.15) is 0 Å². The van der Waals surface area contributed by atoms with Gasteiger partial charge >= 0.3 is 0 Å². The molecule has 27 heavy (non-hydrogen) atoms. The van der Waals surface area contributed by atoms with Crippen LogP contribution < -0.4 is 5.32 Å². The first kappa shape index (κ1) is 17.7. The summed E-state index contributed by atoms with van der Waals surface area (Å²) in [5.41, 5.74) is 1.88. The Kier molecular flexibility index (Phi) is 5.19. The number of amides is 2. The number of pyridine rings is 1. The number of hydrogen-bond acceptors (Lipinski definition) is 3. The van der Waals surface area contributed by atoms with Gasteiger partial charge in [-0.05, 0) is 68.0 Å². The topological polar surface area (TPSA) is 62.3 Å². The molecule has 0 radical (unpaired) electrons. The number of nitrogens with zero attached hydrogens (tertiary/aromatic N) is 2. The molecule has 2 amide bonds. The van der Waals surface area contributed by atoms with E-state index in [0.29, 0.717) is 28.8 Å². The van der Waals surface area contributed by atoms with Crippen LogP contribution in [0.2, 0.25) is 0 Å². The van der Waals surface area contributed by atoms with E-state index in [9.17, 15) is 9.59 Å². The molecule has 0 bridgehead atoms. The highest BCUT2D eigenvalue weighted by atomic mass is 16.2. The zero-order valence-corrected chi connectivity index (χ0v) is 15.4. The number of likely N-dealkylation sites (tertiary alicyclic amines) is 1. The van der Waals surface area contributed by atoms with Gasteiger partial charge in [-0.15, -0.1) is 0 Å².